The van der Waals surface area contributed by atoms with Gasteiger partial charge in [0.25, 0.3) is 0 Å². The van der Waals surface area contributed by atoms with Crippen molar-refractivity contribution in [2.45, 2.75) is 70.6 Å². The number of hydrogen-bond donors (Lipinski definition) is 4. The molecule has 2 aliphatic heterocycles. The van der Waals surface area contributed by atoms with E-state index in [1.54, 1.807) is 12.1 Å². The molecule has 2 aromatic rings. The van der Waals surface area contributed by atoms with E-state index in [1.807, 2.05) is 45.0 Å². The largest absolute Gasteiger partial charge is 0.492 e. The van der Waals surface area contributed by atoms with E-state index < -0.39 is 29.9 Å². The van der Waals surface area contributed by atoms with Crippen LogP contribution in [0.4, 0.5) is 4.39 Å². The molecule has 45 heavy (non-hydrogen) atoms. The molecule has 2 aliphatic rings. The molecule has 0 saturated carbocycles. The van der Waals surface area contributed by atoms with E-state index in [2.05, 4.69) is 33.1 Å². The molecule has 1 fully saturated rings. The summed E-state index contributed by atoms with van der Waals surface area (Å²) in [6, 6.07) is 11.2. The molecule has 2 aromatic carbocycles. The fourth-order valence-corrected chi connectivity index (χ4v) is 5.73. The van der Waals surface area contributed by atoms with Crippen molar-refractivity contribution in [3.8, 4) is 5.75 Å². The van der Waals surface area contributed by atoms with Crippen molar-refractivity contribution in [1.82, 2.24) is 26.2 Å². The van der Waals surface area contributed by atoms with Crippen LogP contribution in [0, 0.1) is 11.7 Å². The molecular weight excluding hydrogens is 577 g/mol. The molecule has 11 heteroatoms. The highest BCUT2D eigenvalue weighted by Crippen LogP contribution is 2.28. The number of benzene rings is 2. The Morgan fingerprint density at radius 3 is 2.42 bits per heavy atom. The minimum Gasteiger partial charge on any atom is -0.492 e. The fourth-order valence-electron chi connectivity index (χ4n) is 5.73. The van der Waals surface area contributed by atoms with Gasteiger partial charge in [-0.15, -0.1) is 0 Å². The van der Waals surface area contributed by atoms with Crippen molar-refractivity contribution in [3.63, 3.8) is 0 Å². The number of para-hydroxylation sites is 1. The Balaban J connectivity index is 1.63. The maximum Gasteiger partial charge on any atom is 0.243 e. The smallest absolute Gasteiger partial charge is 0.243 e. The molecule has 1 unspecified atom stereocenters. The van der Waals surface area contributed by atoms with Gasteiger partial charge in [0.05, 0.1) is 19.3 Å². The zero-order chi connectivity index (χ0) is 32.3. The summed E-state index contributed by atoms with van der Waals surface area (Å²) in [6.07, 6.45) is 0.884. The monoisotopic (exact) mass is 625 g/mol. The predicted molar refractivity (Wildman–Crippen MR) is 170 cm³/mol. The van der Waals surface area contributed by atoms with Gasteiger partial charge in [-0.3, -0.25) is 24.6 Å². The summed E-state index contributed by atoms with van der Waals surface area (Å²) < 4.78 is 25.8. The summed E-state index contributed by atoms with van der Waals surface area (Å²) in [5.41, 5.74) is 1.66. The third-order valence-corrected chi connectivity index (χ3v) is 8.37. The van der Waals surface area contributed by atoms with Gasteiger partial charge in [0.1, 0.15) is 30.3 Å². The van der Waals surface area contributed by atoms with Gasteiger partial charge in [-0.1, -0.05) is 51.1 Å². The lowest BCUT2D eigenvalue weighted by Crippen LogP contribution is -2.61. The highest BCUT2D eigenvalue weighted by molar-refractivity contribution is 5.93. The molecule has 2 heterocycles. The Morgan fingerprint density at radius 1 is 0.933 bits per heavy atom. The third-order valence-electron chi connectivity index (χ3n) is 8.37. The molecular formula is C34H48FN5O5. The van der Waals surface area contributed by atoms with Gasteiger partial charge < -0.3 is 25.4 Å². The van der Waals surface area contributed by atoms with Crippen LogP contribution < -0.4 is 26.0 Å². The second-order valence-electron chi connectivity index (χ2n) is 12.5. The van der Waals surface area contributed by atoms with Gasteiger partial charge >= 0.3 is 0 Å². The summed E-state index contributed by atoms with van der Waals surface area (Å²) in [7, 11) is 0. The maximum atomic E-state index is 14.1. The van der Waals surface area contributed by atoms with Gasteiger partial charge in [0.15, 0.2) is 0 Å². The number of ether oxygens (including phenoxy) is 2. The predicted octanol–water partition coefficient (Wildman–Crippen LogP) is 2.38. The fraction of sp³-hybridized carbons (Fsp3) is 0.559. The molecule has 0 spiro atoms. The Hall–Kier alpha value is -3.54. The Labute approximate surface area is 265 Å². The summed E-state index contributed by atoms with van der Waals surface area (Å²) >= 11 is 0. The maximum absolute atomic E-state index is 14.1. The average Bonchev–Trinajstić information content (AvgIpc) is 3.01. The SMILES string of the molecule is CC1CCNC(=O)[C@H](CN2CCOCC2)NC(=O)[C@@H](C(C)C)NC(=O)[C@@H](Cc2cccc(F)c2)N[C@@H](C)COc2ccccc21. The lowest BCUT2D eigenvalue weighted by atomic mass is 9.96. The lowest BCUT2D eigenvalue weighted by molar-refractivity contribution is -0.134. The van der Waals surface area contributed by atoms with Gasteiger partial charge in [-0.25, -0.2) is 4.39 Å². The van der Waals surface area contributed by atoms with Gasteiger partial charge in [-0.05, 0) is 60.9 Å². The first-order valence-electron chi connectivity index (χ1n) is 16.0. The molecule has 0 bridgehead atoms. The molecule has 10 nitrogen and oxygen atoms in total. The summed E-state index contributed by atoms with van der Waals surface area (Å²) in [5, 5.41) is 12.2. The first-order valence-corrected chi connectivity index (χ1v) is 16.0. The Morgan fingerprint density at radius 2 is 1.69 bits per heavy atom. The molecule has 3 amide bonds. The highest BCUT2D eigenvalue weighted by atomic mass is 19.1. The molecule has 4 N–H and O–H groups in total. The molecule has 0 radical (unpaired) electrons. The molecule has 246 valence electrons. The molecule has 0 aliphatic carbocycles. The number of rotatable bonds is 5. The van der Waals surface area contributed by atoms with Crippen LogP contribution in [0.1, 0.15) is 51.2 Å². The van der Waals surface area contributed by atoms with Crippen molar-refractivity contribution >= 4 is 17.7 Å². The standard InChI is InChI=1S/C34H48FN5O5/c1-22(2)31-34(43)38-29(20-40-14-16-44-17-15-40)32(41)36-13-12-23(3)27-10-5-6-11-30(27)45-21-24(4)37-28(33(42)39-31)19-25-8-7-9-26(35)18-25/h5-11,18,22-24,28-29,31,37H,12-17,19-21H2,1-4H3,(H,36,41)(H,38,43)(H,39,42)/t23?,24-,28+,29-,31+/m0/s1. The normalized spacial score (nSPS) is 26.4. The van der Waals surface area contributed by atoms with E-state index >= 15 is 0 Å². The van der Waals surface area contributed by atoms with Crippen LogP contribution in [0.2, 0.25) is 0 Å². The van der Waals surface area contributed by atoms with Crippen LogP contribution in [0.3, 0.4) is 0 Å². The molecule has 0 aromatic heterocycles. The topological polar surface area (TPSA) is 121 Å². The minimum atomic E-state index is -0.897. The van der Waals surface area contributed by atoms with Crippen LogP contribution in [0.5, 0.6) is 5.75 Å². The molecule has 1 saturated heterocycles. The first-order chi connectivity index (χ1) is 21.6. The Bertz CT molecular complexity index is 1290. The van der Waals surface area contributed by atoms with Crippen molar-refractivity contribution in [2.75, 3.05) is 46.0 Å². The molecule has 4 rings (SSSR count). The zero-order valence-electron chi connectivity index (χ0n) is 26.8. The van der Waals surface area contributed by atoms with Crippen LogP contribution in [0.15, 0.2) is 48.5 Å². The van der Waals surface area contributed by atoms with E-state index in [1.165, 1.54) is 12.1 Å². The van der Waals surface area contributed by atoms with Crippen molar-refractivity contribution in [1.29, 1.82) is 0 Å². The number of nitrogens with zero attached hydrogens (tertiary/aromatic N) is 1. The van der Waals surface area contributed by atoms with Crippen molar-refractivity contribution in [2.24, 2.45) is 5.92 Å². The quantitative estimate of drug-likeness (QED) is 0.403. The number of nitrogens with one attached hydrogen (secondary N) is 4. The zero-order valence-corrected chi connectivity index (χ0v) is 26.8. The van der Waals surface area contributed by atoms with Gasteiger partial charge in [0, 0.05) is 32.2 Å². The van der Waals surface area contributed by atoms with Gasteiger partial charge in [-0.2, -0.15) is 0 Å². The van der Waals surface area contributed by atoms with Crippen LogP contribution >= 0.6 is 0 Å². The number of fused-ring (bicyclic) bond motifs is 1. The Kier molecular flexibility index (Phi) is 12.7. The lowest BCUT2D eigenvalue weighted by Gasteiger charge is -2.32. The summed E-state index contributed by atoms with van der Waals surface area (Å²) in [4.78, 5) is 43.1. The van der Waals surface area contributed by atoms with Crippen molar-refractivity contribution in [3.05, 3.63) is 65.5 Å². The van der Waals surface area contributed by atoms with E-state index in [-0.39, 0.29) is 42.6 Å². The summed E-state index contributed by atoms with van der Waals surface area (Å²) in [6.45, 7) is 11.2. The van der Waals surface area contributed by atoms with E-state index in [4.69, 9.17) is 9.47 Å². The van der Waals surface area contributed by atoms with Gasteiger partial charge in [0.2, 0.25) is 17.7 Å². The number of carbonyl (C=O) groups excluding carboxylic acids is 3. The number of amides is 3. The second-order valence-corrected chi connectivity index (χ2v) is 12.5. The van der Waals surface area contributed by atoms with E-state index in [0.29, 0.717) is 51.4 Å². The molecule has 5 atom stereocenters. The first kappa shape index (κ1) is 34.3. The third kappa shape index (κ3) is 10.2. The van der Waals surface area contributed by atoms with Crippen LogP contribution in [0.25, 0.3) is 0 Å². The second kappa shape index (κ2) is 16.7. The number of halogens is 1. The summed E-state index contributed by atoms with van der Waals surface area (Å²) in [5.74, 6) is -0.928. The highest BCUT2D eigenvalue weighted by Gasteiger charge is 2.32. The van der Waals surface area contributed by atoms with E-state index in [9.17, 15) is 18.8 Å². The van der Waals surface area contributed by atoms with Crippen LogP contribution in [-0.2, 0) is 25.5 Å². The average molecular weight is 626 g/mol. The minimum absolute atomic E-state index is 0.0905. The number of morpholine rings is 1. The van der Waals surface area contributed by atoms with Crippen molar-refractivity contribution < 1.29 is 28.2 Å². The van der Waals surface area contributed by atoms with E-state index in [0.717, 1.165) is 11.3 Å². The number of carbonyl (C=O) groups is 3. The van der Waals surface area contributed by atoms with Crippen LogP contribution in [-0.4, -0.2) is 92.8 Å². The number of hydrogen-bond acceptors (Lipinski definition) is 7.